The van der Waals surface area contributed by atoms with Gasteiger partial charge in [0.2, 0.25) is 0 Å². The highest BCUT2D eigenvalue weighted by atomic mass is 32.2. The Morgan fingerprint density at radius 3 is 2.79 bits per heavy atom. The molecule has 14 heavy (non-hydrogen) atoms. The summed E-state index contributed by atoms with van der Waals surface area (Å²) in [5.41, 5.74) is 0. The molecule has 1 aliphatic heterocycles. The van der Waals surface area contributed by atoms with Crippen LogP contribution in [0.15, 0.2) is 0 Å². The molecule has 0 aromatic heterocycles. The van der Waals surface area contributed by atoms with Crippen molar-refractivity contribution >= 4 is 11.8 Å². The predicted octanol–water partition coefficient (Wildman–Crippen LogP) is 1.77. The minimum Gasteiger partial charge on any atom is -0.393 e. The van der Waals surface area contributed by atoms with Crippen molar-refractivity contribution in [2.75, 3.05) is 5.75 Å². The van der Waals surface area contributed by atoms with Gasteiger partial charge in [-0.05, 0) is 37.9 Å². The van der Waals surface area contributed by atoms with Crippen LogP contribution in [0.3, 0.4) is 0 Å². The van der Waals surface area contributed by atoms with E-state index in [1.165, 1.54) is 25.0 Å². The quantitative estimate of drug-likeness (QED) is 0.736. The van der Waals surface area contributed by atoms with Crippen LogP contribution >= 0.6 is 11.8 Å². The van der Waals surface area contributed by atoms with E-state index in [1.54, 1.807) is 0 Å². The second kappa shape index (κ2) is 4.86. The number of aliphatic hydroxyl groups is 1. The molecule has 0 aromatic rings. The van der Waals surface area contributed by atoms with E-state index in [-0.39, 0.29) is 6.10 Å². The third-order valence-electron chi connectivity index (χ3n) is 3.47. The van der Waals surface area contributed by atoms with Crippen molar-refractivity contribution in [3.8, 4) is 0 Å². The zero-order valence-electron chi connectivity index (χ0n) is 8.91. The third-order valence-corrected chi connectivity index (χ3v) is 4.80. The lowest BCUT2D eigenvalue weighted by Crippen LogP contribution is -2.44. The predicted molar refractivity (Wildman–Crippen MR) is 61.7 cm³/mol. The van der Waals surface area contributed by atoms with Gasteiger partial charge in [-0.2, -0.15) is 11.8 Å². The summed E-state index contributed by atoms with van der Waals surface area (Å²) in [4.78, 5) is 0. The summed E-state index contributed by atoms with van der Waals surface area (Å²) < 4.78 is 0. The Morgan fingerprint density at radius 2 is 2.14 bits per heavy atom. The third kappa shape index (κ3) is 2.65. The molecule has 2 rings (SSSR count). The number of hydrogen-bond acceptors (Lipinski definition) is 3. The summed E-state index contributed by atoms with van der Waals surface area (Å²) in [6.45, 7) is 2.31. The van der Waals surface area contributed by atoms with Crippen LogP contribution in [0.4, 0.5) is 0 Å². The summed E-state index contributed by atoms with van der Waals surface area (Å²) in [5.74, 6) is 1.30. The molecule has 82 valence electrons. The molecule has 0 spiro atoms. The maximum absolute atomic E-state index is 9.57. The van der Waals surface area contributed by atoms with E-state index in [0.29, 0.717) is 12.1 Å². The van der Waals surface area contributed by atoms with Gasteiger partial charge in [-0.1, -0.05) is 6.92 Å². The highest BCUT2D eigenvalue weighted by Crippen LogP contribution is 2.28. The van der Waals surface area contributed by atoms with Crippen LogP contribution < -0.4 is 5.32 Å². The fraction of sp³-hybridized carbons (Fsp3) is 1.00. The molecular weight excluding hydrogens is 194 g/mol. The molecule has 2 fully saturated rings. The molecule has 0 radical (unpaired) electrons. The molecule has 4 atom stereocenters. The zero-order valence-corrected chi connectivity index (χ0v) is 9.72. The Balaban J connectivity index is 1.78. The molecule has 1 saturated heterocycles. The topological polar surface area (TPSA) is 32.3 Å². The van der Waals surface area contributed by atoms with Gasteiger partial charge in [0.1, 0.15) is 0 Å². The number of thioether (sulfide) groups is 1. The number of nitrogens with one attached hydrogen (secondary N) is 1. The standard InChI is InChI=1S/C11H21NOS/c1-8-11(5-6-14-8)12-9-3-2-4-10(13)7-9/h8-13H,2-7H2,1H3/t8?,9-,10+,11?/m0/s1. The van der Waals surface area contributed by atoms with E-state index in [2.05, 4.69) is 24.0 Å². The number of hydrogen-bond donors (Lipinski definition) is 2. The van der Waals surface area contributed by atoms with Gasteiger partial charge in [-0.25, -0.2) is 0 Å². The van der Waals surface area contributed by atoms with Crippen LogP contribution in [0, 0.1) is 0 Å². The Morgan fingerprint density at radius 1 is 1.29 bits per heavy atom. The van der Waals surface area contributed by atoms with Gasteiger partial charge in [0, 0.05) is 17.3 Å². The smallest absolute Gasteiger partial charge is 0.0555 e. The lowest BCUT2D eigenvalue weighted by Gasteiger charge is -2.30. The van der Waals surface area contributed by atoms with Crippen molar-refractivity contribution in [2.45, 2.75) is 62.5 Å². The van der Waals surface area contributed by atoms with Crippen molar-refractivity contribution < 1.29 is 5.11 Å². The number of aliphatic hydroxyl groups excluding tert-OH is 1. The average molecular weight is 215 g/mol. The molecule has 2 aliphatic rings. The normalized spacial score (nSPS) is 44.1. The van der Waals surface area contributed by atoms with Crippen molar-refractivity contribution in [3.63, 3.8) is 0 Å². The van der Waals surface area contributed by atoms with Crippen molar-refractivity contribution in [1.29, 1.82) is 0 Å². The second-order valence-corrected chi connectivity index (χ2v) is 6.14. The van der Waals surface area contributed by atoms with Gasteiger partial charge in [0.25, 0.3) is 0 Å². The van der Waals surface area contributed by atoms with Crippen LogP contribution in [0.1, 0.15) is 39.0 Å². The molecule has 3 heteroatoms. The fourth-order valence-corrected chi connectivity index (χ4v) is 3.78. The summed E-state index contributed by atoms with van der Waals surface area (Å²) in [6, 6.07) is 1.26. The largest absolute Gasteiger partial charge is 0.393 e. The fourth-order valence-electron chi connectivity index (χ4n) is 2.57. The van der Waals surface area contributed by atoms with Crippen molar-refractivity contribution in [3.05, 3.63) is 0 Å². The first-order chi connectivity index (χ1) is 6.75. The summed E-state index contributed by atoms with van der Waals surface area (Å²) in [7, 11) is 0. The van der Waals surface area contributed by atoms with Crippen molar-refractivity contribution in [2.24, 2.45) is 0 Å². The highest BCUT2D eigenvalue weighted by Gasteiger charge is 2.28. The van der Waals surface area contributed by atoms with Crippen LogP contribution in [0.2, 0.25) is 0 Å². The summed E-state index contributed by atoms with van der Waals surface area (Å²) in [6.07, 6.45) is 5.67. The molecule has 0 aromatic carbocycles. The van der Waals surface area contributed by atoms with Gasteiger partial charge in [0.05, 0.1) is 6.10 Å². The molecule has 1 aliphatic carbocycles. The van der Waals surface area contributed by atoms with Crippen molar-refractivity contribution in [1.82, 2.24) is 5.32 Å². The van der Waals surface area contributed by atoms with Gasteiger partial charge < -0.3 is 10.4 Å². The molecule has 1 saturated carbocycles. The maximum Gasteiger partial charge on any atom is 0.0555 e. The Bertz CT molecular complexity index is 188. The Kier molecular flexibility index (Phi) is 3.74. The minimum absolute atomic E-state index is 0.0504. The van der Waals surface area contributed by atoms with E-state index in [0.717, 1.165) is 18.1 Å². The molecule has 0 amide bonds. The summed E-state index contributed by atoms with van der Waals surface area (Å²) >= 11 is 2.07. The van der Waals surface area contributed by atoms with Crippen LogP contribution in [-0.2, 0) is 0 Å². The minimum atomic E-state index is -0.0504. The first-order valence-electron chi connectivity index (χ1n) is 5.81. The van der Waals surface area contributed by atoms with E-state index in [9.17, 15) is 5.11 Å². The Hall–Kier alpha value is 0.270. The first kappa shape index (κ1) is 10.8. The molecule has 2 N–H and O–H groups in total. The maximum atomic E-state index is 9.57. The first-order valence-corrected chi connectivity index (χ1v) is 6.86. The highest BCUT2D eigenvalue weighted by molar-refractivity contribution is 8.00. The van der Waals surface area contributed by atoms with E-state index in [4.69, 9.17) is 0 Å². The summed E-state index contributed by atoms with van der Waals surface area (Å²) in [5, 5.41) is 14.0. The zero-order chi connectivity index (χ0) is 9.97. The molecule has 2 unspecified atom stereocenters. The number of rotatable bonds is 2. The average Bonchev–Trinajstić information content (AvgIpc) is 2.52. The molecule has 1 heterocycles. The van der Waals surface area contributed by atoms with Gasteiger partial charge >= 0.3 is 0 Å². The van der Waals surface area contributed by atoms with Gasteiger partial charge in [-0.3, -0.25) is 0 Å². The van der Waals surface area contributed by atoms with E-state index < -0.39 is 0 Å². The lowest BCUT2D eigenvalue weighted by molar-refractivity contribution is 0.108. The Labute approximate surface area is 90.8 Å². The van der Waals surface area contributed by atoms with E-state index >= 15 is 0 Å². The van der Waals surface area contributed by atoms with Gasteiger partial charge in [-0.15, -0.1) is 0 Å². The van der Waals surface area contributed by atoms with E-state index in [1.807, 2.05) is 0 Å². The van der Waals surface area contributed by atoms with Crippen LogP contribution in [-0.4, -0.2) is 34.3 Å². The van der Waals surface area contributed by atoms with Crippen LogP contribution in [0.25, 0.3) is 0 Å². The molecule has 2 nitrogen and oxygen atoms in total. The lowest BCUT2D eigenvalue weighted by atomic mass is 9.92. The molecule has 0 bridgehead atoms. The van der Waals surface area contributed by atoms with Gasteiger partial charge in [0.15, 0.2) is 0 Å². The van der Waals surface area contributed by atoms with Crippen LogP contribution in [0.5, 0.6) is 0 Å². The SMILES string of the molecule is CC1SCCC1N[C@H]1CCC[C@@H](O)C1. The second-order valence-electron chi connectivity index (χ2n) is 4.66. The monoisotopic (exact) mass is 215 g/mol. The molecular formula is C11H21NOS.